The van der Waals surface area contributed by atoms with E-state index in [9.17, 15) is 0 Å². The molecule has 3 heteroatoms. The van der Waals surface area contributed by atoms with Crippen LogP contribution in [0.4, 0.5) is 0 Å². The topological polar surface area (TPSA) is 18.5 Å². The van der Waals surface area contributed by atoms with Gasteiger partial charge in [-0.15, -0.1) is 0 Å². The summed E-state index contributed by atoms with van der Waals surface area (Å²) in [5, 5.41) is 0. The van der Waals surface area contributed by atoms with Crippen molar-refractivity contribution in [3.05, 3.63) is 0 Å². The molecule has 0 saturated carbocycles. The molecule has 1 aliphatic rings. The van der Waals surface area contributed by atoms with Gasteiger partial charge in [0.2, 0.25) is 0 Å². The summed E-state index contributed by atoms with van der Waals surface area (Å²) < 4.78 is 12.5. The van der Waals surface area contributed by atoms with E-state index in [-0.39, 0.29) is 0 Å². The Morgan fingerprint density at radius 2 is 1.50 bits per heavy atom. The summed E-state index contributed by atoms with van der Waals surface area (Å²) in [6.45, 7) is 4.49. The molecule has 1 saturated heterocycles. The van der Waals surface area contributed by atoms with E-state index >= 15 is 0 Å². The van der Waals surface area contributed by atoms with Gasteiger partial charge in [0, 0.05) is 0 Å². The van der Waals surface area contributed by atoms with Crippen molar-refractivity contribution in [2.75, 3.05) is 14.2 Å². The van der Waals surface area contributed by atoms with E-state index in [4.69, 9.17) is 7.53 Å². The fourth-order valence-electron chi connectivity index (χ4n) is 2.07. The van der Waals surface area contributed by atoms with Gasteiger partial charge in [0.25, 0.3) is 0 Å². The van der Waals surface area contributed by atoms with Crippen LogP contribution in [0, 0.1) is 0 Å². The van der Waals surface area contributed by atoms with Crippen LogP contribution < -0.4 is 0 Å². The average Bonchev–Trinajstić information content (AvgIpc) is 1.91. The predicted molar refractivity (Wildman–Crippen MR) is 43.2 cm³/mol. The molecule has 0 radical (unpaired) electrons. The summed E-state index contributed by atoms with van der Waals surface area (Å²) in [7, 11) is 3.60. The van der Waals surface area contributed by atoms with Crippen LogP contribution >= 0.6 is 0 Å². The molecule has 60 valence electrons. The number of hydrogen-bond acceptors (Lipinski definition) is 2. The Bertz CT molecular complexity index is 113. The summed E-state index contributed by atoms with van der Waals surface area (Å²) in [5.41, 5.74) is 0. The van der Waals surface area contributed by atoms with Gasteiger partial charge in [0.1, 0.15) is 0 Å². The van der Waals surface area contributed by atoms with Crippen LogP contribution in [-0.4, -0.2) is 28.2 Å². The van der Waals surface area contributed by atoms with E-state index in [0.29, 0.717) is 0 Å². The first-order valence-corrected chi connectivity index (χ1v) is 7.91. The molecule has 1 fully saturated rings. The fraction of sp³-hybridized carbons (Fsp3) is 1.00. The van der Waals surface area contributed by atoms with E-state index in [0.717, 1.165) is 9.50 Å². The van der Waals surface area contributed by atoms with Crippen LogP contribution in [0.25, 0.3) is 0 Å². The molecule has 2 atom stereocenters. The fourth-order valence-corrected chi connectivity index (χ4v) is 9.78. The molecular weight excluding hydrogens is 189 g/mol. The molecular formula is C7H16GeO2. The van der Waals surface area contributed by atoms with Crippen molar-refractivity contribution in [3.63, 3.8) is 0 Å². The molecule has 2 unspecified atom stereocenters. The van der Waals surface area contributed by atoms with Crippen molar-refractivity contribution >= 4 is 13.9 Å². The van der Waals surface area contributed by atoms with Crippen molar-refractivity contribution < 1.29 is 7.53 Å². The van der Waals surface area contributed by atoms with Gasteiger partial charge < -0.3 is 0 Å². The van der Waals surface area contributed by atoms with Crippen molar-refractivity contribution in [2.24, 2.45) is 0 Å². The van der Waals surface area contributed by atoms with E-state index in [1.807, 2.05) is 0 Å². The molecule has 0 aromatic carbocycles. The predicted octanol–water partition coefficient (Wildman–Crippen LogP) is 1.91. The third-order valence-electron chi connectivity index (χ3n) is 2.72. The summed E-state index contributed by atoms with van der Waals surface area (Å²) >= 11 is -2.19. The second-order valence-electron chi connectivity index (χ2n) is 3.17. The van der Waals surface area contributed by atoms with Gasteiger partial charge >= 0.3 is 65.5 Å². The van der Waals surface area contributed by atoms with Crippen LogP contribution in [0.3, 0.4) is 0 Å². The molecule has 0 bridgehead atoms. The van der Waals surface area contributed by atoms with Crippen molar-refractivity contribution in [2.45, 2.75) is 29.8 Å². The van der Waals surface area contributed by atoms with Crippen LogP contribution in [0.2, 0.25) is 9.50 Å². The van der Waals surface area contributed by atoms with E-state index < -0.39 is 13.9 Å². The Labute approximate surface area is 65.9 Å². The molecule has 0 aromatic rings. The first kappa shape index (κ1) is 8.56. The van der Waals surface area contributed by atoms with Gasteiger partial charge in [-0.1, -0.05) is 0 Å². The third kappa shape index (κ3) is 0.934. The van der Waals surface area contributed by atoms with E-state index in [1.54, 1.807) is 14.2 Å². The van der Waals surface area contributed by atoms with Gasteiger partial charge in [0.15, 0.2) is 0 Å². The van der Waals surface area contributed by atoms with Crippen LogP contribution in [0.5, 0.6) is 0 Å². The SMILES string of the molecule is C[O][Ge]1([O]C)[CH](C)C[CH]1C. The first-order valence-electron chi connectivity index (χ1n) is 3.77. The first-order chi connectivity index (χ1) is 4.67. The minimum absolute atomic E-state index is 0.727. The van der Waals surface area contributed by atoms with Gasteiger partial charge in [-0.2, -0.15) is 0 Å². The zero-order valence-corrected chi connectivity index (χ0v) is 9.28. The molecule has 0 aromatic heterocycles. The Kier molecular flexibility index (Phi) is 2.43. The Balaban J connectivity index is 2.61. The Hall–Kier alpha value is 0.463. The molecule has 2 nitrogen and oxygen atoms in total. The molecule has 1 rings (SSSR count). The Morgan fingerprint density at radius 3 is 1.60 bits per heavy atom. The summed E-state index contributed by atoms with van der Waals surface area (Å²) in [5.74, 6) is 0. The Morgan fingerprint density at radius 1 is 1.10 bits per heavy atom. The number of rotatable bonds is 2. The van der Waals surface area contributed by atoms with Gasteiger partial charge in [-0.3, -0.25) is 0 Å². The van der Waals surface area contributed by atoms with E-state index in [2.05, 4.69) is 13.8 Å². The maximum atomic E-state index is 5.51. The van der Waals surface area contributed by atoms with Crippen LogP contribution in [-0.2, 0) is 7.53 Å². The molecule has 0 aliphatic carbocycles. The molecule has 1 heterocycles. The summed E-state index contributed by atoms with van der Waals surface area (Å²) in [4.78, 5) is 0. The standard InChI is InChI=1S/C7H16GeO2/c1-6-5-7(2)8(6,9-3)10-4/h6-7H,5H2,1-4H3. The summed E-state index contributed by atoms with van der Waals surface area (Å²) in [6, 6.07) is 0. The second kappa shape index (κ2) is 2.83. The van der Waals surface area contributed by atoms with Crippen molar-refractivity contribution in [1.29, 1.82) is 0 Å². The molecule has 0 spiro atoms. The van der Waals surface area contributed by atoms with Gasteiger partial charge in [-0.05, 0) is 0 Å². The molecule has 1 aliphatic heterocycles. The molecule has 0 amide bonds. The van der Waals surface area contributed by atoms with Gasteiger partial charge in [-0.25, -0.2) is 0 Å². The molecule has 10 heavy (non-hydrogen) atoms. The molecule has 0 N–H and O–H groups in total. The quantitative estimate of drug-likeness (QED) is 0.640. The van der Waals surface area contributed by atoms with E-state index in [1.165, 1.54) is 6.42 Å². The zero-order valence-electron chi connectivity index (χ0n) is 7.18. The average molecular weight is 205 g/mol. The maximum absolute atomic E-state index is 5.51. The minimum atomic E-state index is -2.19. The van der Waals surface area contributed by atoms with Crippen molar-refractivity contribution in [3.8, 4) is 0 Å². The van der Waals surface area contributed by atoms with Crippen LogP contribution in [0.15, 0.2) is 0 Å². The van der Waals surface area contributed by atoms with Crippen molar-refractivity contribution in [1.82, 2.24) is 0 Å². The monoisotopic (exact) mass is 206 g/mol. The normalized spacial score (nSPS) is 37.2. The zero-order chi connectivity index (χ0) is 7.78. The number of hydrogen-bond donors (Lipinski definition) is 0. The summed E-state index contributed by atoms with van der Waals surface area (Å²) in [6.07, 6.45) is 1.29. The second-order valence-corrected chi connectivity index (χ2v) is 12.0. The van der Waals surface area contributed by atoms with Crippen LogP contribution in [0.1, 0.15) is 20.3 Å². The third-order valence-corrected chi connectivity index (χ3v) is 12.2. The van der Waals surface area contributed by atoms with Gasteiger partial charge in [0.05, 0.1) is 0 Å².